The lowest BCUT2D eigenvalue weighted by molar-refractivity contribution is 0.170. The number of aliphatic hydroxyl groups excluding tert-OH is 1. The first kappa shape index (κ1) is 13.2. The van der Waals surface area contributed by atoms with E-state index in [1.807, 2.05) is 12.1 Å². The van der Waals surface area contributed by atoms with E-state index >= 15 is 0 Å². The molecule has 1 N–H and O–H groups in total. The van der Waals surface area contributed by atoms with Crippen LogP contribution in [0.25, 0.3) is 0 Å². The number of hydrogen-bond donors (Lipinski definition) is 1. The van der Waals surface area contributed by atoms with Gasteiger partial charge >= 0.3 is 0 Å². The maximum atomic E-state index is 9.89. The van der Waals surface area contributed by atoms with Crippen LogP contribution < -0.4 is 0 Å². The molecule has 0 saturated carbocycles. The highest BCUT2D eigenvalue weighted by Crippen LogP contribution is 2.33. The smallest absolute Gasteiger partial charge is 0.244 e. The van der Waals surface area contributed by atoms with Crippen molar-refractivity contribution in [1.82, 2.24) is 15.0 Å². The first-order valence-electron chi connectivity index (χ1n) is 6.37. The van der Waals surface area contributed by atoms with Gasteiger partial charge in [-0.15, -0.1) is 11.3 Å². The number of nitrogens with zero attached hydrogens (tertiary/aromatic N) is 4. The molecule has 7 heteroatoms. The number of hydrogen-bond acceptors (Lipinski definition) is 7. The van der Waals surface area contributed by atoms with Crippen molar-refractivity contribution < 1.29 is 9.63 Å². The quantitative estimate of drug-likeness (QED) is 0.924. The van der Waals surface area contributed by atoms with Gasteiger partial charge in [0.25, 0.3) is 0 Å². The summed E-state index contributed by atoms with van der Waals surface area (Å²) in [6.45, 7) is 3.03. The fourth-order valence-electron chi connectivity index (χ4n) is 2.48. The van der Waals surface area contributed by atoms with Crippen molar-refractivity contribution >= 4 is 11.3 Å². The van der Waals surface area contributed by atoms with E-state index in [0.29, 0.717) is 36.1 Å². The Morgan fingerprint density at radius 2 is 2.45 bits per heavy atom. The summed E-state index contributed by atoms with van der Waals surface area (Å²) in [6, 6.07) is 5.85. The van der Waals surface area contributed by atoms with Crippen LogP contribution in [0.1, 0.15) is 33.9 Å². The minimum absolute atomic E-state index is 0.0566. The van der Waals surface area contributed by atoms with E-state index < -0.39 is 0 Å². The van der Waals surface area contributed by atoms with E-state index in [4.69, 9.17) is 9.78 Å². The zero-order chi connectivity index (χ0) is 14.1. The summed E-state index contributed by atoms with van der Waals surface area (Å²) in [6.07, 6.45) is 0.209. The van der Waals surface area contributed by atoms with Crippen LogP contribution in [0.15, 0.2) is 16.7 Å². The molecule has 20 heavy (non-hydrogen) atoms. The van der Waals surface area contributed by atoms with E-state index in [2.05, 4.69) is 21.1 Å². The Kier molecular flexibility index (Phi) is 3.53. The van der Waals surface area contributed by atoms with Crippen LogP contribution in [-0.2, 0) is 6.54 Å². The van der Waals surface area contributed by atoms with Crippen molar-refractivity contribution in [2.75, 3.05) is 6.54 Å². The van der Waals surface area contributed by atoms with Crippen molar-refractivity contribution in [1.29, 1.82) is 5.26 Å². The van der Waals surface area contributed by atoms with E-state index in [1.165, 1.54) is 11.3 Å². The summed E-state index contributed by atoms with van der Waals surface area (Å²) >= 11 is 1.47. The van der Waals surface area contributed by atoms with Crippen LogP contribution in [-0.4, -0.2) is 32.8 Å². The van der Waals surface area contributed by atoms with Gasteiger partial charge in [0, 0.05) is 18.0 Å². The maximum absolute atomic E-state index is 9.89. The highest BCUT2D eigenvalue weighted by Gasteiger charge is 2.35. The molecule has 0 bridgehead atoms. The second kappa shape index (κ2) is 5.32. The monoisotopic (exact) mass is 290 g/mol. The van der Waals surface area contributed by atoms with E-state index in [-0.39, 0.29) is 12.1 Å². The number of thiophene rings is 1. The average molecular weight is 290 g/mol. The molecule has 2 aromatic heterocycles. The molecule has 0 radical (unpaired) electrons. The summed E-state index contributed by atoms with van der Waals surface area (Å²) in [5.74, 6) is 1.15. The van der Waals surface area contributed by atoms with Gasteiger partial charge in [-0.1, -0.05) is 5.16 Å². The van der Waals surface area contributed by atoms with Gasteiger partial charge in [0.05, 0.1) is 12.1 Å². The molecule has 3 heterocycles. The van der Waals surface area contributed by atoms with Crippen LogP contribution in [0.3, 0.4) is 0 Å². The minimum atomic E-state index is -0.386. The fourth-order valence-corrected chi connectivity index (χ4v) is 3.31. The maximum Gasteiger partial charge on any atom is 0.244 e. The average Bonchev–Trinajstić information content (AvgIpc) is 3.11. The molecule has 0 aliphatic carbocycles. The highest BCUT2D eigenvalue weighted by atomic mass is 32.1. The lowest BCUT2D eigenvalue weighted by Gasteiger charge is -2.20. The number of β-amino-alcohol motifs (C(OH)–C–C–N with tert-alkyl or cyclic N) is 1. The fraction of sp³-hybridized carbons (Fsp3) is 0.462. The normalized spacial score (nSPS) is 23.1. The Bertz CT molecular complexity index is 645. The number of rotatable bonds is 3. The number of likely N-dealkylation sites (tertiary alicyclic amines) is 1. The molecular formula is C13H14N4O2S. The molecule has 6 nitrogen and oxygen atoms in total. The predicted octanol–water partition coefficient (Wildman–Crippen LogP) is 1.62. The predicted molar refractivity (Wildman–Crippen MR) is 71.8 cm³/mol. The van der Waals surface area contributed by atoms with Gasteiger partial charge in [0.2, 0.25) is 5.89 Å². The van der Waals surface area contributed by atoms with E-state index in [1.54, 1.807) is 6.92 Å². The number of aromatic nitrogens is 2. The lowest BCUT2D eigenvalue weighted by atomic mass is 10.2. The summed E-state index contributed by atoms with van der Waals surface area (Å²) in [4.78, 5) is 8.17. The lowest BCUT2D eigenvalue weighted by Crippen LogP contribution is -2.24. The molecule has 2 atom stereocenters. The van der Waals surface area contributed by atoms with Crippen molar-refractivity contribution in [2.45, 2.75) is 32.0 Å². The second-order valence-corrected chi connectivity index (χ2v) is 6.06. The van der Waals surface area contributed by atoms with Crippen LogP contribution in [0.2, 0.25) is 0 Å². The van der Waals surface area contributed by atoms with Crippen molar-refractivity contribution in [3.63, 3.8) is 0 Å². The van der Waals surface area contributed by atoms with Gasteiger partial charge in [-0.05, 0) is 25.5 Å². The molecule has 3 rings (SSSR count). The van der Waals surface area contributed by atoms with Crippen molar-refractivity contribution in [3.8, 4) is 6.07 Å². The molecule has 1 aliphatic rings. The molecule has 1 saturated heterocycles. The molecule has 0 unspecified atom stereocenters. The van der Waals surface area contributed by atoms with Gasteiger partial charge in [0.1, 0.15) is 10.9 Å². The van der Waals surface area contributed by atoms with E-state index in [0.717, 1.165) is 4.88 Å². The molecule has 1 fully saturated rings. The number of aliphatic hydroxyl groups is 1. The summed E-state index contributed by atoms with van der Waals surface area (Å²) in [5.41, 5.74) is 0. The Labute approximate surface area is 120 Å². The molecule has 1 aliphatic heterocycles. The standard InChI is InChI=1S/C13H14N4O2S/c1-8-15-13(19-16-8)12-4-9(18)6-17(12)7-11-3-2-10(5-14)20-11/h2-3,9,12,18H,4,6-7H2,1H3/t9-,12-/m1/s1. The third kappa shape index (κ3) is 2.58. The Hall–Kier alpha value is -1.75. The van der Waals surface area contributed by atoms with Gasteiger partial charge < -0.3 is 9.63 Å². The van der Waals surface area contributed by atoms with Gasteiger partial charge in [-0.25, -0.2) is 0 Å². The summed E-state index contributed by atoms with van der Waals surface area (Å²) in [5, 5.41) is 22.6. The summed E-state index contributed by atoms with van der Waals surface area (Å²) < 4.78 is 5.23. The number of aryl methyl sites for hydroxylation is 1. The molecule has 0 amide bonds. The van der Waals surface area contributed by atoms with Crippen LogP contribution >= 0.6 is 11.3 Å². The summed E-state index contributed by atoms with van der Waals surface area (Å²) in [7, 11) is 0. The Balaban J connectivity index is 1.78. The first-order chi connectivity index (χ1) is 9.65. The molecule has 104 valence electrons. The van der Waals surface area contributed by atoms with Gasteiger partial charge in [0.15, 0.2) is 5.82 Å². The van der Waals surface area contributed by atoms with Crippen molar-refractivity contribution in [2.24, 2.45) is 0 Å². The highest BCUT2D eigenvalue weighted by molar-refractivity contribution is 7.12. The van der Waals surface area contributed by atoms with Gasteiger partial charge in [-0.2, -0.15) is 10.2 Å². The van der Waals surface area contributed by atoms with E-state index in [9.17, 15) is 5.11 Å². The zero-order valence-corrected chi connectivity index (χ0v) is 11.8. The number of nitriles is 1. The molecule has 2 aromatic rings. The van der Waals surface area contributed by atoms with Gasteiger partial charge in [-0.3, -0.25) is 4.90 Å². The topological polar surface area (TPSA) is 86.2 Å². The third-order valence-electron chi connectivity index (χ3n) is 3.34. The third-order valence-corrected chi connectivity index (χ3v) is 4.32. The largest absolute Gasteiger partial charge is 0.392 e. The minimum Gasteiger partial charge on any atom is -0.392 e. The SMILES string of the molecule is Cc1noc([C@H]2C[C@@H](O)CN2Cc2ccc(C#N)s2)n1. The molecule has 0 spiro atoms. The molecule has 0 aromatic carbocycles. The van der Waals surface area contributed by atoms with Crippen LogP contribution in [0.5, 0.6) is 0 Å². The second-order valence-electron chi connectivity index (χ2n) is 4.89. The van der Waals surface area contributed by atoms with Crippen LogP contribution in [0, 0.1) is 18.3 Å². The van der Waals surface area contributed by atoms with Crippen molar-refractivity contribution in [3.05, 3.63) is 33.6 Å². The Morgan fingerprint density at radius 1 is 1.60 bits per heavy atom. The zero-order valence-electron chi connectivity index (χ0n) is 11.0. The first-order valence-corrected chi connectivity index (χ1v) is 7.18. The van der Waals surface area contributed by atoms with Crippen LogP contribution in [0.4, 0.5) is 0 Å². The Morgan fingerprint density at radius 3 is 3.10 bits per heavy atom. The molecular weight excluding hydrogens is 276 g/mol.